The molecule has 1 fully saturated rings. The van der Waals surface area contributed by atoms with Gasteiger partial charge in [-0.2, -0.15) is 0 Å². The summed E-state index contributed by atoms with van der Waals surface area (Å²) in [6.07, 6.45) is 7.32. The van der Waals surface area contributed by atoms with Crippen molar-refractivity contribution >= 4 is 16.0 Å². The van der Waals surface area contributed by atoms with Crippen LogP contribution in [0.3, 0.4) is 0 Å². The maximum Gasteiger partial charge on any atom is 0.374 e. The molecule has 1 saturated carbocycles. The fourth-order valence-corrected chi connectivity index (χ4v) is 3.75. The van der Waals surface area contributed by atoms with Crippen LogP contribution in [0.1, 0.15) is 56.0 Å². The van der Waals surface area contributed by atoms with E-state index in [1.165, 1.54) is 37.8 Å². The van der Waals surface area contributed by atoms with Crippen LogP contribution in [-0.2, 0) is 14.8 Å². The van der Waals surface area contributed by atoms with Crippen molar-refractivity contribution in [3.05, 3.63) is 17.9 Å². The molecule has 0 bridgehead atoms. The lowest BCUT2D eigenvalue weighted by molar-refractivity contribution is 0.0484. The Morgan fingerprint density at radius 1 is 1.21 bits per heavy atom. The molecule has 1 heterocycles. The number of sulfonamides is 1. The lowest BCUT2D eigenvalue weighted by Gasteiger charge is -2.16. The Kier molecular flexibility index (Phi) is 7.26. The van der Waals surface area contributed by atoms with Gasteiger partial charge in [0.25, 0.3) is 10.0 Å². The third-order valence-corrected chi connectivity index (χ3v) is 5.36. The van der Waals surface area contributed by atoms with Gasteiger partial charge in [0, 0.05) is 19.1 Å². The van der Waals surface area contributed by atoms with Crippen molar-refractivity contribution < 1.29 is 22.4 Å². The fourth-order valence-electron chi connectivity index (χ4n) is 2.79. The number of furan rings is 1. The first kappa shape index (κ1) is 19.0. The summed E-state index contributed by atoms with van der Waals surface area (Å²) in [6.45, 7) is 2.71. The summed E-state index contributed by atoms with van der Waals surface area (Å²) in [7, 11) is -3.76. The molecule has 0 saturated heterocycles. The Labute approximate surface area is 143 Å². The summed E-state index contributed by atoms with van der Waals surface area (Å²) in [4.78, 5) is 11.5. The molecule has 0 amide bonds. The molecule has 0 radical (unpaired) electrons. The molecule has 1 aliphatic carbocycles. The molecule has 0 atom stereocenters. The second kappa shape index (κ2) is 9.19. The predicted molar refractivity (Wildman–Crippen MR) is 89.3 cm³/mol. The van der Waals surface area contributed by atoms with Crippen molar-refractivity contribution in [2.45, 2.75) is 56.6 Å². The molecule has 0 aromatic carbocycles. The lowest BCUT2D eigenvalue weighted by Crippen LogP contribution is -2.36. The van der Waals surface area contributed by atoms with E-state index in [2.05, 4.69) is 10.0 Å². The van der Waals surface area contributed by atoms with E-state index in [0.717, 1.165) is 12.8 Å². The highest BCUT2D eigenvalue weighted by molar-refractivity contribution is 7.89. The number of esters is 1. The monoisotopic (exact) mass is 358 g/mol. The summed E-state index contributed by atoms with van der Waals surface area (Å²) in [6, 6.07) is 3.03. The van der Waals surface area contributed by atoms with Gasteiger partial charge in [0.05, 0.1) is 6.61 Å². The summed E-state index contributed by atoms with van der Waals surface area (Å²) in [5.74, 6) is -0.789. The zero-order valence-corrected chi connectivity index (χ0v) is 14.9. The predicted octanol–water partition coefficient (Wildman–Crippen LogP) is 2.05. The van der Waals surface area contributed by atoms with E-state index in [1.54, 1.807) is 6.92 Å². The topological polar surface area (TPSA) is 97.6 Å². The quantitative estimate of drug-likeness (QED) is 0.419. The van der Waals surface area contributed by atoms with E-state index >= 15 is 0 Å². The van der Waals surface area contributed by atoms with Gasteiger partial charge in [-0.15, -0.1) is 0 Å². The minimum atomic E-state index is -3.76. The van der Waals surface area contributed by atoms with Crippen molar-refractivity contribution in [2.75, 3.05) is 19.7 Å². The Morgan fingerprint density at radius 3 is 2.58 bits per heavy atom. The highest BCUT2D eigenvalue weighted by Crippen LogP contribution is 2.17. The molecule has 24 heavy (non-hydrogen) atoms. The third-order valence-electron chi connectivity index (χ3n) is 4.03. The van der Waals surface area contributed by atoms with Gasteiger partial charge in [-0.05, 0) is 31.9 Å². The van der Waals surface area contributed by atoms with Crippen LogP contribution in [-0.4, -0.2) is 40.1 Å². The molecule has 7 nitrogen and oxygen atoms in total. The SMILES string of the molecule is CCOC(=O)c1ccc(S(=O)(=O)NCCNC2CCCCCC2)o1. The molecule has 136 valence electrons. The van der Waals surface area contributed by atoms with Gasteiger partial charge in [-0.3, -0.25) is 0 Å². The van der Waals surface area contributed by atoms with Crippen LogP contribution in [0.4, 0.5) is 0 Å². The van der Waals surface area contributed by atoms with E-state index in [-0.39, 0.29) is 24.0 Å². The summed E-state index contributed by atoms with van der Waals surface area (Å²) < 4.78 is 36.6. The molecule has 2 N–H and O–H groups in total. The van der Waals surface area contributed by atoms with Gasteiger partial charge in [0.1, 0.15) is 0 Å². The number of carbonyl (C=O) groups is 1. The first-order chi connectivity index (χ1) is 11.5. The van der Waals surface area contributed by atoms with E-state index in [0.29, 0.717) is 12.6 Å². The molecule has 0 spiro atoms. The Balaban J connectivity index is 1.79. The standard InChI is InChI=1S/C16H26N2O5S/c1-2-22-16(19)14-9-10-15(23-14)24(20,21)18-12-11-17-13-7-5-3-4-6-8-13/h9-10,13,17-18H,2-8,11-12H2,1H3. The smallest absolute Gasteiger partial charge is 0.374 e. The number of carbonyl (C=O) groups excluding carboxylic acids is 1. The van der Waals surface area contributed by atoms with Crippen LogP contribution in [0.15, 0.2) is 21.6 Å². The Hall–Kier alpha value is -1.38. The van der Waals surface area contributed by atoms with Gasteiger partial charge in [-0.1, -0.05) is 25.7 Å². The van der Waals surface area contributed by atoms with Gasteiger partial charge >= 0.3 is 5.97 Å². The molecule has 1 aromatic rings. The average Bonchev–Trinajstić information content (AvgIpc) is 2.92. The number of hydrogen-bond donors (Lipinski definition) is 2. The van der Waals surface area contributed by atoms with Gasteiger partial charge < -0.3 is 14.5 Å². The van der Waals surface area contributed by atoms with E-state index in [9.17, 15) is 13.2 Å². The van der Waals surface area contributed by atoms with E-state index < -0.39 is 16.0 Å². The van der Waals surface area contributed by atoms with Crippen LogP contribution in [0, 0.1) is 0 Å². The largest absolute Gasteiger partial charge is 0.460 e. The summed E-state index contributed by atoms with van der Waals surface area (Å²) in [5, 5.41) is 3.12. The average molecular weight is 358 g/mol. The second-order valence-electron chi connectivity index (χ2n) is 5.88. The molecule has 0 unspecified atom stereocenters. The van der Waals surface area contributed by atoms with Crippen molar-refractivity contribution in [3.8, 4) is 0 Å². The van der Waals surface area contributed by atoms with Crippen molar-refractivity contribution in [1.29, 1.82) is 0 Å². The zero-order valence-electron chi connectivity index (χ0n) is 14.0. The minimum Gasteiger partial charge on any atom is -0.460 e. The molecular weight excluding hydrogens is 332 g/mol. The Bertz CT molecular complexity index is 618. The van der Waals surface area contributed by atoms with E-state index in [1.807, 2.05) is 0 Å². The maximum absolute atomic E-state index is 12.1. The summed E-state index contributed by atoms with van der Waals surface area (Å²) >= 11 is 0. The minimum absolute atomic E-state index is 0.117. The van der Waals surface area contributed by atoms with Crippen LogP contribution in [0.25, 0.3) is 0 Å². The molecule has 0 aliphatic heterocycles. The third kappa shape index (κ3) is 5.61. The number of nitrogens with one attached hydrogen (secondary N) is 2. The zero-order chi connectivity index (χ0) is 17.4. The highest BCUT2D eigenvalue weighted by Gasteiger charge is 2.21. The first-order valence-corrected chi connectivity index (χ1v) is 10.0. The number of hydrogen-bond acceptors (Lipinski definition) is 6. The molecule has 8 heteroatoms. The Morgan fingerprint density at radius 2 is 1.92 bits per heavy atom. The van der Waals surface area contributed by atoms with Gasteiger partial charge in [0.15, 0.2) is 0 Å². The van der Waals surface area contributed by atoms with Crippen molar-refractivity contribution in [1.82, 2.24) is 10.0 Å². The van der Waals surface area contributed by atoms with Crippen LogP contribution >= 0.6 is 0 Å². The molecule has 2 rings (SSSR count). The normalized spacial score (nSPS) is 16.7. The van der Waals surface area contributed by atoms with Crippen LogP contribution < -0.4 is 10.0 Å². The van der Waals surface area contributed by atoms with Crippen molar-refractivity contribution in [2.24, 2.45) is 0 Å². The highest BCUT2D eigenvalue weighted by atomic mass is 32.2. The molecule has 1 aromatic heterocycles. The van der Waals surface area contributed by atoms with Crippen molar-refractivity contribution in [3.63, 3.8) is 0 Å². The second-order valence-corrected chi connectivity index (χ2v) is 7.58. The number of rotatable bonds is 8. The summed E-state index contributed by atoms with van der Waals surface area (Å²) in [5.41, 5.74) is 0. The lowest BCUT2D eigenvalue weighted by atomic mass is 10.1. The maximum atomic E-state index is 12.1. The van der Waals surface area contributed by atoms with Crippen LogP contribution in [0.5, 0.6) is 0 Å². The fraction of sp³-hybridized carbons (Fsp3) is 0.688. The molecule has 1 aliphatic rings. The van der Waals surface area contributed by atoms with Gasteiger partial charge in [-0.25, -0.2) is 17.9 Å². The van der Waals surface area contributed by atoms with E-state index in [4.69, 9.17) is 9.15 Å². The number of ether oxygens (including phenoxy) is 1. The first-order valence-electron chi connectivity index (χ1n) is 8.53. The van der Waals surface area contributed by atoms with Gasteiger partial charge in [0.2, 0.25) is 10.9 Å². The molecular formula is C16H26N2O5S. The van der Waals surface area contributed by atoms with Crippen LogP contribution in [0.2, 0.25) is 0 Å².